The van der Waals surface area contributed by atoms with Gasteiger partial charge in [-0.3, -0.25) is 4.90 Å². The molecule has 0 unspecified atom stereocenters. The predicted octanol–water partition coefficient (Wildman–Crippen LogP) is 2.01. The summed E-state index contributed by atoms with van der Waals surface area (Å²) < 4.78 is 0. The Labute approximate surface area is 137 Å². The normalized spacial score (nSPS) is 10.2. The number of nitrogens with one attached hydrogen (secondary N) is 1. The van der Waals surface area contributed by atoms with Crippen molar-refractivity contribution in [2.45, 2.75) is 34.1 Å². The topological polar surface area (TPSA) is 115 Å². The van der Waals surface area contributed by atoms with Crippen LogP contribution in [0.5, 0.6) is 0 Å². The molecule has 1 aromatic heterocycles. The zero-order valence-corrected chi connectivity index (χ0v) is 14.1. The molecule has 1 heterocycles. The fourth-order valence-electron chi connectivity index (χ4n) is 2.56. The summed E-state index contributed by atoms with van der Waals surface area (Å²) >= 11 is 0. The minimum Gasteiger partial charge on any atom is -0.318 e. The molecule has 23 heavy (non-hydrogen) atoms. The van der Waals surface area contributed by atoms with E-state index >= 15 is 0 Å². The van der Waals surface area contributed by atoms with Crippen LogP contribution in [0, 0.1) is 45.8 Å². The molecule has 0 fully saturated rings. The maximum atomic E-state index is 9.60. The Balaban J connectivity index is 3.58. The fourth-order valence-corrected chi connectivity index (χ4v) is 2.56. The van der Waals surface area contributed by atoms with Crippen LogP contribution in [0.1, 0.15) is 44.4 Å². The Bertz CT molecular complexity index is 675. The van der Waals surface area contributed by atoms with Crippen molar-refractivity contribution in [3.8, 4) is 18.2 Å². The van der Waals surface area contributed by atoms with Crippen LogP contribution < -0.4 is 15.6 Å². The molecule has 0 aliphatic carbocycles. The number of rotatable bonds is 6. The van der Waals surface area contributed by atoms with Gasteiger partial charge in [-0.05, 0) is 11.8 Å². The van der Waals surface area contributed by atoms with Crippen molar-refractivity contribution in [3.05, 3.63) is 16.7 Å². The lowest BCUT2D eigenvalue weighted by Gasteiger charge is -2.24. The van der Waals surface area contributed by atoms with Gasteiger partial charge in [-0.25, -0.2) is 4.98 Å². The summed E-state index contributed by atoms with van der Waals surface area (Å²) in [5.41, 5.74) is 6.88. The van der Waals surface area contributed by atoms with Gasteiger partial charge in [0.15, 0.2) is 0 Å². The second-order valence-electron chi connectivity index (χ2n) is 6.37. The molecule has 6 nitrogen and oxygen atoms in total. The Kier molecular flexibility index (Phi) is 6.36. The number of anilines is 2. The number of pyridine rings is 1. The van der Waals surface area contributed by atoms with Gasteiger partial charge in [0, 0.05) is 5.56 Å². The number of hydrogen-bond acceptors (Lipinski definition) is 5. The molecular formula is C17H23N6+. The molecule has 3 N–H and O–H groups in total. The summed E-state index contributed by atoms with van der Waals surface area (Å²) in [6.07, 6.45) is -0.0190. The van der Waals surface area contributed by atoms with Crippen molar-refractivity contribution < 1.29 is 4.98 Å². The number of nitrogens with two attached hydrogens (primary N) is 1. The summed E-state index contributed by atoms with van der Waals surface area (Å²) in [6, 6.07) is 6.16. The molecule has 0 radical (unpaired) electrons. The molecule has 0 aromatic carbocycles. The smallest absolute Gasteiger partial charge is 0.240 e. The Morgan fingerprint density at radius 1 is 1.00 bits per heavy atom. The van der Waals surface area contributed by atoms with Gasteiger partial charge in [-0.1, -0.05) is 27.7 Å². The van der Waals surface area contributed by atoms with E-state index in [1.165, 1.54) is 0 Å². The highest BCUT2D eigenvalue weighted by atomic mass is 15.2. The Morgan fingerprint density at radius 2 is 1.52 bits per heavy atom. The molecule has 0 saturated heterocycles. The number of nitriles is 3. The molecule has 1 aromatic rings. The first-order chi connectivity index (χ1) is 10.8. The van der Waals surface area contributed by atoms with Crippen LogP contribution in [0.4, 0.5) is 11.6 Å². The summed E-state index contributed by atoms with van der Waals surface area (Å²) in [5.74, 6) is 1.58. The van der Waals surface area contributed by atoms with E-state index in [4.69, 9.17) is 11.0 Å². The zero-order valence-electron chi connectivity index (χ0n) is 14.1. The predicted molar refractivity (Wildman–Crippen MR) is 88.0 cm³/mol. The van der Waals surface area contributed by atoms with Crippen LogP contribution in [0.2, 0.25) is 0 Å². The van der Waals surface area contributed by atoms with Crippen LogP contribution in [0.25, 0.3) is 0 Å². The van der Waals surface area contributed by atoms with Crippen molar-refractivity contribution in [1.82, 2.24) is 0 Å². The molecular weight excluding hydrogens is 288 g/mol. The Hall–Kier alpha value is -2.78. The summed E-state index contributed by atoms with van der Waals surface area (Å²) in [4.78, 5) is 5.08. The maximum absolute atomic E-state index is 9.60. The Morgan fingerprint density at radius 3 is 1.91 bits per heavy atom. The minimum absolute atomic E-state index is 0.0190. The minimum atomic E-state index is -0.0190. The van der Waals surface area contributed by atoms with Crippen molar-refractivity contribution in [1.29, 1.82) is 15.8 Å². The average Bonchev–Trinajstić information content (AvgIpc) is 2.45. The van der Waals surface area contributed by atoms with Crippen LogP contribution in [0.15, 0.2) is 0 Å². The molecule has 0 bridgehead atoms. The van der Waals surface area contributed by atoms with Crippen LogP contribution >= 0.6 is 0 Å². The summed E-state index contributed by atoms with van der Waals surface area (Å²) in [5, 5.41) is 27.9. The number of nitrogens with zero attached hydrogens (tertiary/aromatic N) is 4. The summed E-state index contributed by atoms with van der Waals surface area (Å²) in [6.45, 7) is 9.90. The van der Waals surface area contributed by atoms with Crippen molar-refractivity contribution >= 4 is 11.6 Å². The van der Waals surface area contributed by atoms with Crippen molar-refractivity contribution in [3.63, 3.8) is 0 Å². The van der Waals surface area contributed by atoms with E-state index in [1.54, 1.807) is 0 Å². The van der Waals surface area contributed by atoms with Crippen molar-refractivity contribution in [2.75, 3.05) is 23.7 Å². The highest BCUT2D eigenvalue weighted by Gasteiger charge is 2.27. The maximum Gasteiger partial charge on any atom is 0.240 e. The van der Waals surface area contributed by atoms with E-state index in [0.29, 0.717) is 28.8 Å². The van der Waals surface area contributed by atoms with Gasteiger partial charge < -0.3 is 5.73 Å². The number of aromatic nitrogens is 1. The van der Waals surface area contributed by atoms with Gasteiger partial charge in [-0.2, -0.15) is 15.8 Å². The molecule has 1 rings (SSSR count). The molecule has 0 aliphatic rings. The lowest BCUT2D eigenvalue weighted by Crippen LogP contribution is -2.37. The summed E-state index contributed by atoms with van der Waals surface area (Å²) in [7, 11) is 0. The van der Waals surface area contributed by atoms with Gasteiger partial charge in [0.25, 0.3) is 0 Å². The van der Waals surface area contributed by atoms with E-state index in [1.807, 2.05) is 12.1 Å². The SMILES string of the molecule is CC(C)CN(CC(C)C)c1[nH+]c(N)c(C#N)c(CC#N)c1C#N. The van der Waals surface area contributed by atoms with E-state index in [0.717, 1.165) is 13.1 Å². The largest absolute Gasteiger partial charge is 0.318 e. The lowest BCUT2D eigenvalue weighted by molar-refractivity contribution is -0.347. The quantitative estimate of drug-likeness (QED) is 0.862. The monoisotopic (exact) mass is 311 g/mol. The third-order valence-electron chi connectivity index (χ3n) is 3.33. The van der Waals surface area contributed by atoms with Gasteiger partial charge in [-0.15, -0.1) is 0 Å². The number of aromatic amines is 1. The molecule has 0 aliphatic heterocycles. The number of hydrogen-bond donors (Lipinski definition) is 1. The third kappa shape index (κ3) is 4.34. The number of H-pyrrole nitrogens is 1. The first-order valence-corrected chi connectivity index (χ1v) is 7.65. The van der Waals surface area contributed by atoms with Gasteiger partial charge in [0.2, 0.25) is 11.6 Å². The highest BCUT2D eigenvalue weighted by molar-refractivity contribution is 5.64. The molecule has 0 amide bonds. The standard InChI is InChI=1S/C17H22N6/c1-11(2)9-23(10-12(3)4)17-15(8-20)13(5-6-18)14(7-19)16(21)22-17/h11-12H,5,9-10H2,1-4H3,(H2,21,22)/p+1. The van der Waals surface area contributed by atoms with Gasteiger partial charge in [0.05, 0.1) is 25.6 Å². The van der Waals surface area contributed by atoms with E-state index in [2.05, 4.69) is 43.6 Å². The first kappa shape index (κ1) is 18.3. The molecule has 0 atom stereocenters. The van der Waals surface area contributed by atoms with E-state index in [9.17, 15) is 10.5 Å². The van der Waals surface area contributed by atoms with Crippen molar-refractivity contribution in [2.24, 2.45) is 11.8 Å². The van der Waals surface area contributed by atoms with Crippen LogP contribution in [-0.4, -0.2) is 13.1 Å². The highest BCUT2D eigenvalue weighted by Crippen LogP contribution is 2.26. The lowest BCUT2D eigenvalue weighted by atomic mass is 10.00. The third-order valence-corrected chi connectivity index (χ3v) is 3.33. The molecule has 120 valence electrons. The first-order valence-electron chi connectivity index (χ1n) is 7.65. The zero-order chi connectivity index (χ0) is 17.6. The number of nitrogen functional groups attached to an aromatic ring is 1. The van der Waals surface area contributed by atoms with Gasteiger partial charge in [0.1, 0.15) is 23.3 Å². The van der Waals surface area contributed by atoms with E-state index in [-0.39, 0.29) is 17.8 Å². The van der Waals surface area contributed by atoms with E-state index < -0.39 is 0 Å². The van der Waals surface area contributed by atoms with Crippen LogP contribution in [-0.2, 0) is 6.42 Å². The molecule has 0 saturated carbocycles. The molecule has 0 spiro atoms. The second kappa shape index (κ2) is 8.01. The van der Waals surface area contributed by atoms with Crippen LogP contribution in [0.3, 0.4) is 0 Å². The average molecular weight is 311 g/mol. The fraction of sp³-hybridized carbons (Fsp3) is 0.529. The van der Waals surface area contributed by atoms with Gasteiger partial charge >= 0.3 is 0 Å². The second-order valence-corrected chi connectivity index (χ2v) is 6.37. The molecule has 6 heteroatoms.